The first-order valence-electron chi connectivity index (χ1n) is 9.98. The van der Waals surface area contributed by atoms with Gasteiger partial charge in [-0.05, 0) is 74.5 Å². The number of halogens is 3. The zero-order valence-corrected chi connectivity index (χ0v) is 17.1. The Labute approximate surface area is 174 Å². The molecule has 1 N–H and O–H groups in total. The Morgan fingerprint density at radius 2 is 1.90 bits per heavy atom. The summed E-state index contributed by atoms with van der Waals surface area (Å²) < 4.78 is 39.7. The second-order valence-corrected chi connectivity index (χ2v) is 8.23. The van der Waals surface area contributed by atoms with E-state index in [1.165, 1.54) is 12.1 Å². The molecule has 1 fully saturated rings. The van der Waals surface area contributed by atoms with Gasteiger partial charge in [0, 0.05) is 6.54 Å². The predicted octanol–water partition coefficient (Wildman–Crippen LogP) is 5.93. The highest BCUT2D eigenvalue weighted by Gasteiger charge is 2.33. The zero-order chi connectivity index (χ0) is 21.9. The minimum atomic E-state index is -4.36. The number of alkyl halides is 3. The van der Waals surface area contributed by atoms with Gasteiger partial charge in [-0.2, -0.15) is 13.2 Å². The van der Waals surface area contributed by atoms with Gasteiger partial charge in [-0.15, -0.1) is 0 Å². The maximum absolute atomic E-state index is 13.2. The molecular weight excluding hydrogens is 391 g/mol. The van der Waals surface area contributed by atoms with Gasteiger partial charge >= 0.3 is 12.1 Å². The van der Waals surface area contributed by atoms with Crippen LogP contribution in [-0.2, 0) is 6.18 Å². The molecule has 2 aromatic carbocycles. The van der Waals surface area contributed by atoms with E-state index in [9.17, 15) is 23.1 Å². The highest BCUT2D eigenvalue weighted by atomic mass is 19.4. The summed E-state index contributed by atoms with van der Waals surface area (Å²) in [6.07, 6.45) is 0.0164. The Bertz CT molecular complexity index is 934. The van der Waals surface area contributed by atoms with Gasteiger partial charge in [0.2, 0.25) is 0 Å². The van der Waals surface area contributed by atoms with Crippen LogP contribution in [0, 0.1) is 5.92 Å². The number of carbonyl (C=O) groups is 1. The molecule has 2 atom stereocenters. The molecular formula is C24H26F3NO2. The fourth-order valence-corrected chi connectivity index (χ4v) is 4.27. The van der Waals surface area contributed by atoms with Crippen molar-refractivity contribution in [3.05, 3.63) is 76.4 Å². The number of rotatable bonds is 5. The average molecular weight is 417 g/mol. The normalized spacial score (nSPS) is 21.2. The minimum absolute atomic E-state index is 0.0163. The number of carboxylic acids is 1. The lowest BCUT2D eigenvalue weighted by Gasteiger charge is -2.35. The molecule has 0 amide bonds. The zero-order valence-electron chi connectivity index (χ0n) is 17.1. The third-order valence-corrected chi connectivity index (χ3v) is 5.63. The number of hydrogen-bond acceptors (Lipinski definition) is 2. The van der Waals surface area contributed by atoms with Crippen molar-refractivity contribution in [2.24, 2.45) is 5.92 Å². The van der Waals surface area contributed by atoms with Crippen molar-refractivity contribution in [2.45, 2.75) is 31.4 Å². The average Bonchev–Trinajstić information content (AvgIpc) is 2.68. The van der Waals surface area contributed by atoms with Crippen molar-refractivity contribution in [1.82, 2.24) is 4.90 Å². The molecule has 6 heteroatoms. The SMILES string of the molecule is CN(C)C[C@@H]1CCC(=Cc2cccc(C(=O)O)c2)C[C@H]1c1cccc(C(F)(F)F)c1. The maximum atomic E-state index is 13.2. The Morgan fingerprint density at radius 3 is 2.57 bits per heavy atom. The predicted molar refractivity (Wildman–Crippen MR) is 111 cm³/mol. The van der Waals surface area contributed by atoms with Crippen LogP contribution in [0.2, 0.25) is 0 Å². The van der Waals surface area contributed by atoms with Crippen LogP contribution in [0.1, 0.15) is 52.2 Å². The molecule has 0 unspecified atom stereocenters. The minimum Gasteiger partial charge on any atom is -0.478 e. The molecule has 1 aliphatic carbocycles. The standard InChI is InChI=1S/C24H26F3NO2/c1-28(2)15-20-10-9-17(11-16-5-3-7-19(12-16)23(29)30)13-22(20)18-6-4-8-21(14-18)24(25,26)27/h3-8,11-12,14,20,22H,9-10,13,15H2,1-2H3,(H,29,30)/t20-,22-/m0/s1. The summed E-state index contributed by atoms with van der Waals surface area (Å²) in [7, 11) is 3.96. The van der Waals surface area contributed by atoms with Gasteiger partial charge in [0.15, 0.2) is 0 Å². The Kier molecular flexibility index (Phi) is 6.66. The van der Waals surface area contributed by atoms with Gasteiger partial charge in [0.25, 0.3) is 0 Å². The molecule has 160 valence electrons. The fourth-order valence-electron chi connectivity index (χ4n) is 4.27. The van der Waals surface area contributed by atoms with Crippen molar-refractivity contribution in [3.63, 3.8) is 0 Å². The van der Waals surface area contributed by atoms with E-state index in [1.807, 2.05) is 26.2 Å². The number of benzene rings is 2. The number of aromatic carboxylic acids is 1. The first-order chi connectivity index (χ1) is 14.1. The van der Waals surface area contributed by atoms with E-state index in [1.54, 1.807) is 24.3 Å². The Morgan fingerprint density at radius 1 is 1.17 bits per heavy atom. The Hall–Kier alpha value is -2.60. The third-order valence-electron chi connectivity index (χ3n) is 5.63. The highest BCUT2D eigenvalue weighted by molar-refractivity contribution is 5.88. The molecule has 2 aromatic rings. The molecule has 0 bridgehead atoms. The van der Waals surface area contributed by atoms with Crippen molar-refractivity contribution in [1.29, 1.82) is 0 Å². The first-order valence-corrected chi connectivity index (χ1v) is 9.98. The van der Waals surface area contributed by atoms with E-state index in [0.717, 1.165) is 36.6 Å². The summed E-state index contributed by atoms with van der Waals surface area (Å²) in [6.45, 7) is 0.808. The molecule has 0 spiro atoms. The van der Waals surface area contributed by atoms with Crippen LogP contribution >= 0.6 is 0 Å². The van der Waals surface area contributed by atoms with Crippen LogP contribution in [-0.4, -0.2) is 36.6 Å². The quantitative estimate of drug-likeness (QED) is 0.655. The maximum Gasteiger partial charge on any atom is 0.416 e. The van der Waals surface area contributed by atoms with Crippen LogP contribution in [0.5, 0.6) is 0 Å². The summed E-state index contributed by atoms with van der Waals surface area (Å²) in [5.41, 5.74) is 2.25. The van der Waals surface area contributed by atoms with E-state index in [2.05, 4.69) is 4.90 Å². The van der Waals surface area contributed by atoms with Gasteiger partial charge in [0.05, 0.1) is 11.1 Å². The molecule has 3 nitrogen and oxygen atoms in total. The molecule has 1 saturated carbocycles. The largest absolute Gasteiger partial charge is 0.478 e. The van der Waals surface area contributed by atoms with E-state index < -0.39 is 17.7 Å². The summed E-state index contributed by atoms with van der Waals surface area (Å²) >= 11 is 0. The van der Waals surface area contributed by atoms with Gasteiger partial charge < -0.3 is 10.0 Å². The fraction of sp³-hybridized carbons (Fsp3) is 0.375. The molecule has 30 heavy (non-hydrogen) atoms. The molecule has 1 aliphatic rings. The van der Waals surface area contributed by atoms with Crippen molar-refractivity contribution >= 4 is 12.0 Å². The van der Waals surface area contributed by atoms with Crippen LogP contribution in [0.3, 0.4) is 0 Å². The topological polar surface area (TPSA) is 40.5 Å². The summed E-state index contributed by atoms with van der Waals surface area (Å²) in [4.78, 5) is 13.3. The smallest absolute Gasteiger partial charge is 0.416 e. The van der Waals surface area contributed by atoms with Gasteiger partial charge in [0.1, 0.15) is 0 Å². The van der Waals surface area contributed by atoms with Crippen LogP contribution < -0.4 is 0 Å². The van der Waals surface area contributed by atoms with Crippen molar-refractivity contribution in [3.8, 4) is 0 Å². The van der Waals surface area contributed by atoms with E-state index in [4.69, 9.17) is 0 Å². The molecule has 0 heterocycles. The van der Waals surface area contributed by atoms with Crippen molar-refractivity contribution in [2.75, 3.05) is 20.6 Å². The summed E-state index contributed by atoms with van der Waals surface area (Å²) in [6, 6.07) is 12.4. The molecule has 0 saturated heterocycles. The lowest BCUT2D eigenvalue weighted by atomic mass is 9.72. The second kappa shape index (κ2) is 9.04. The van der Waals surface area contributed by atoms with Crippen LogP contribution in [0.25, 0.3) is 6.08 Å². The monoisotopic (exact) mass is 417 g/mol. The third kappa shape index (κ3) is 5.51. The van der Waals surface area contributed by atoms with Gasteiger partial charge in [-0.25, -0.2) is 4.79 Å². The Balaban J connectivity index is 1.92. The van der Waals surface area contributed by atoms with Crippen LogP contribution in [0.4, 0.5) is 13.2 Å². The highest BCUT2D eigenvalue weighted by Crippen LogP contribution is 2.42. The lowest BCUT2D eigenvalue weighted by molar-refractivity contribution is -0.137. The molecule has 3 rings (SSSR count). The van der Waals surface area contributed by atoms with E-state index in [-0.39, 0.29) is 17.4 Å². The van der Waals surface area contributed by atoms with Gasteiger partial charge in [-0.3, -0.25) is 0 Å². The van der Waals surface area contributed by atoms with E-state index >= 15 is 0 Å². The molecule has 0 aromatic heterocycles. The lowest BCUT2D eigenvalue weighted by Crippen LogP contribution is -2.29. The molecule has 0 radical (unpaired) electrons. The summed E-state index contributed by atoms with van der Waals surface area (Å²) in [5.74, 6) is -0.741. The number of carboxylic acid groups (broad SMARTS) is 1. The van der Waals surface area contributed by atoms with Gasteiger partial charge in [-0.1, -0.05) is 42.0 Å². The second-order valence-electron chi connectivity index (χ2n) is 8.23. The first kappa shape index (κ1) is 22.1. The summed E-state index contributed by atoms with van der Waals surface area (Å²) in [5, 5.41) is 9.20. The molecule has 0 aliphatic heterocycles. The van der Waals surface area contributed by atoms with Crippen molar-refractivity contribution < 1.29 is 23.1 Å². The number of nitrogens with zero attached hydrogens (tertiary/aromatic N) is 1. The number of hydrogen-bond donors (Lipinski definition) is 1. The number of allylic oxidation sites excluding steroid dienone is 1. The van der Waals surface area contributed by atoms with E-state index in [0.29, 0.717) is 12.0 Å². The van der Waals surface area contributed by atoms with Crippen LogP contribution in [0.15, 0.2) is 54.1 Å².